The molecule has 0 aliphatic carbocycles. The standard InChI is InChI=1S/C9H6BrClF3NO2/c1-4(16)15-8-6(17-9(12,13)14)3-2-5(10)7(8)11/h2-3H,1H3,(H,15,16). The van der Waals surface area contributed by atoms with Gasteiger partial charge in [0.05, 0.1) is 5.02 Å². The minimum Gasteiger partial charge on any atom is -0.404 e. The van der Waals surface area contributed by atoms with E-state index in [4.69, 9.17) is 11.6 Å². The van der Waals surface area contributed by atoms with Crippen LogP contribution >= 0.6 is 27.5 Å². The van der Waals surface area contributed by atoms with Gasteiger partial charge in [-0.2, -0.15) is 0 Å². The highest BCUT2D eigenvalue weighted by molar-refractivity contribution is 9.10. The van der Waals surface area contributed by atoms with Gasteiger partial charge in [-0.3, -0.25) is 4.79 Å². The molecule has 1 amide bonds. The monoisotopic (exact) mass is 331 g/mol. The van der Waals surface area contributed by atoms with Crippen molar-refractivity contribution in [2.24, 2.45) is 0 Å². The van der Waals surface area contributed by atoms with Gasteiger partial charge in [0.25, 0.3) is 0 Å². The van der Waals surface area contributed by atoms with Crippen molar-refractivity contribution < 1.29 is 22.7 Å². The number of halogens is 5. The van der Waals surface area contributed by atoms with Crippen LogP contribution in [0.3, 0.4) is 0 Å². The number of anilines is 1. The molecule has 1 aromatic rings. The summed E-state index contributed by atoms with van der Waals surface area (Å²) in [7, 11) is 0. The lowest BCUT2D eigenvalue weighted by atomic mass is 10.3. The lowest BCUT2D eigenvalue weighted by molar-refractivity contribution is -0.274. The molecule has 94 valence electrons. The second-order valence-corrected chi connectivity index (χ2v) is 4.20. The van der Waals surface area contributed by atoms with Crippen LogP contribution in [0.1, 0.15) is 6.92 Å². The maximum absolute atomic E-state index is 12.1. The van der Waals surface area contributed by atoms with Crippen LogP contribution < -0.4 is 10.1 Å². The van der Waals surface area contributed by atoms with E-state index in [1.807, 2.05) is 0 Å². The molecule has 0 heterocycles. The molecule has 3 nitrogen and oxygen atoms in total. The molecule has 1 aromatic carbocycles. The molecule has 8 heteroatoms. The number of amides is 1. The zero-order chi connectivity index (χ0) is 13.2. The summed E-state index contributed by atoms with van der Waals surface area (Å²) in [5.74, 6) is -1.13. The van der Waals surface area contributed by atoms with E-state index in [9.17, 15) is 18.0 Å². The van der Waals surface area contributed by atoms with Gasteiger partial charge in [0.2, 0.25) is 5.91 Å². The van der Waals surface area contributed by atoms with E-state index in [0.717, 1.165) is 13.0 Å². The number of alkyl halides is 3. The summed E-state index contributed by atoms with van der Waals surface area (Å²) < 4.78 is 40.4. The zero-order valence-corrected chi connectivity index (χ0v) is 10.7. The Morgan fingerprint density at radius 3 is 2.53 bits per heavy atom. The van der Waals surface area contributed by atoms with Crippen LogP contribution in [0, 0.1) is 0 Å². The summed E-state index contributed by atoms with van der Waals surface area (Å²) in [6.07, 6.45) is -4.86. The average molecular weight is 333 g/mol. The third-order valence-corrected chi connectivity index (χ3v) is 2.87. The lowest BCUT2D eigenvalue weighted by Crippen LogP contribution is -2.19. The highest BCUT2D eigenvalue weighted by Gasteiger charge is 2.33. The first kappa shape index (κ1) is 14.1. The fraction of sp³-hybridized carbons (Fsp3) is 0.222. The minimum absolute atomic E-state index is 0.0676. The number of carbonyl (C=O) groups excluding carboxylic acids is 1. The second-order valence-electron chi connectivity index (χ2n) is 2.96. The summed E-state index contributed by atoms with van der Waals surface area (Å²) in [5.41, 5.74) is -0.231. The Bertz CT molecular complexity index is 451. The molecule has 0 aromatic heterocycles. The summed E-state index contributed by atoms with van der Waals surface area (Å²) in [5, 5.41) is 2.11. The highest BCUT2D eigenvalue weighted by atomic mass is 79.9. The first-order valence-corrected chi connectivity index (χ1v) is 5.39. The van der Waals surface area contributed by atoms with E-state index in [2.05, 4.69) is 26.0 Å². The topological polar surface area (TPSA) is 38.3 Å². The molecule has 17 heavy (non-hydrogen) atoms. The minimum atomic E-state index is -4.86. The number of nitrogens with one attached hydrogen (secondary N) is 1. The number of hydrogen-bond donors (Lipinski definition) is 1. The molecular formula is C9H6BrClF3NO2. The van der Waals surface area contributed by atoms with Crippen molar-refractivity contribution in [1.82, 2.24) is 0 Å². The Hall–Kier alpha value is -0.950. The Balaban J connectivity index is 3.20. The fourth-order valence-corrected chi connectivity index (χ4v) is 1.57. The van der Waals surface area contributed by atoms with Crippen LogP contribution in [0.2, 0.25) is 5.02 Å². The predicted octanol–water partition coefficient (Wildman–Crippen LogP) is 3.96. The van der Waals surface area contributed by atoms with Gasteiger partial charge in [-0.1, -0.05) is 11.6 Å². The van der Waals surface area contributed by atoms with Crippen molar-refractivity contribution in [2.75, 3.05) is 5.32 Å². The van der Waals surface area contributed by atoms with Crippen LogP contribution in [0.25, 0.3) is 0 Å². The number of ether oxygens (including phenoxy) is 1. The number of hydrogen-bond acceptors (Lipinski definition) is 2. The molecular weight excluding hydrogens is 326 g/mol. The lowest BCUT2D eigenvalue weighted by Gasteiger charge is -2.15. The van der Waals surface area contributed by atoms with Crippen LogP contribution in [0.5, 0.6) is 5.75 Å². The van der Waals surface area contributed by atoms with Gasteiger partial charge in [-0.15, -0.1) is 13.2 Å². The molecule has 0 radical (unpaired) electrons. The molecule has 0 spiro atoms. The van der Waals surface area contributed by atoms with E-state index in [0.29, 0.717) is 4.47 Å². The molecule has 0 aliphatic rings. The van der Waals surface area contributed by atoms with Gasteiger partial charge in [-0.25, -0.2) is 0 Å². The SMILES string of the molecule is CC(=O)Nc1c(OC(F)(F)F)ccc(Br)c1Cl. The molecule has 0 aliphatic heterocycles. The summed E-state index contributed by atoms with van der Waals surface area (Å²) >= 11 is 8.79. The number of rotatable bonds is 2. The molecule has 0 bridgehead atoms. The summed E-state index contributed by atoms with van der Waals surface area (Å²) in [6.45, 7) is 1.15. The van der Waals surface area contributed by atoms with Gasteiger partial charge in [0.1, 0.15) is 5.69 Å². The van der Waals surface area contributed by atoms with E-state index in [1.165, 1.54) is 6.07 Å². The van der Waals surface area contributed by atoms with E-state index in [1.54, 1.807) is 0 Å². The summed E-state index contributed by atoms with van der Waals surface area (Å²) in [4.78, 5) is 10.9. The van der Waals surface area contributed by atoms with E-state index < -0.39 is 18.0 Å². The van der Waals surface area contributed by atoms with Crippen LogP contribution in [0.15, 0.2) is 16.6 Å². The number of carbonyl (C=O) groups is 1. The Kier molecular flexibility index (Phi) is 4.26. The maximum atomic E-state index is 12.1. The van der Waals surface area contributed by atoms with Crippen LogP contribution in [0.4, 0.5) is 18.9 Å². The molecule has 0 atom stereocenters. The quantitative estimate of drug-likeness (QED) is 0.890. The Morgan fingerprint density at radius 2 is 2.06 bits per heavy atom. The molecule has 1 N–H and O–H groups in total. The van der Waals surface area contributed by atoms with Gasteiger partial charge < -0.3 is 10.1 Å². The third-order valence-electron chi connectivity index (χ3n) is 1.58. The van der Waals surface area contributed by atoms with Crippen molar-refractivity contribution in [1.29, 1.82) is 0 Å². The van der Waals surface area contributed by atoms with Crippen molar-refractivity contribution in [3.63, 3.8) is 0 Å². The van der Waals surface area contributed by atoms with E-state index >= 15 is 0 Å². The van der Waals surface area contributed by atoms with Crippen LogP contribution in [-0.2, 0) is 4.79 Å². The smallest absolute Gasteiger partial charge is 0.404 e. The number of benzene rings is 1. The van der Waals surface area contributed by atoms with Crippen LogP contribution in [-0.4, -0.2) is 12.3 Å². The Morgan fingerprint density at radius 1 is 1.47 bits per heavy atom. The highest BCUT2D eigenvalue weighted by Crippen LogP contribution is 2.40. The zero-order valence-electron chi connectivity index (χ0n) is 8.36. The largest absolute Gasteiger partial charge is 0.573 e. The van der Waals surface area contributed by atoms with Gasteiger partial charge in [0.15, 0.2) is 5.75 Å². The average Bonchev–Trinajstić information content (AvgIpc) is 2.15. The molecule has 0 saturated heterocycles. The molecule has 0 fully saturated rings. The van der Waals surface area contributed by atoms with Crippen molar-refractivity contribution in [2.45, 2.75) is 13.3 Å². The van der Waals surface area contributed by atoms with Crippen molar-refractivity contribution in [3.8, 4) is 5.75 Å². The van der Waals surface area contributed by atoms with Crippen molar-refractivity contribution in [3.05, 3.63) is 21.6 Å². The van der Waals surface area contributed by atoms with Crippen molar-refractivity contribution >= 4 is 39.1 Å². The Labute approximate surface area is 108 Å². The fourth-order valence-electron chi connectivity index (χ4n) is 1.04. The first-order chi connectivity index (χ1) is 7.70. The maximum Gasteiger partial charge on any atom is 0.573 e. The summed E-state index contributed by atoms with van der Waals surface area (Å²) in [6, 6.07) is 2.34. The van der Waals surface area contributed by atoms with Gasteiger partial charge >= 0.3 is 6.36 Å². The normalized spacial score (nSPS) is 11.2. The van der Waals surface area contributed by atoms with E-state index in [-0.39, 0.29) is 10.7 Å². The van der Waals surface area contributed by atoms with Gasteiger partial charge in [0, 0.05) is 11.4 Å². The van der Waals surface area contributed by atoms with Gasteiger partial charge in [-0.05, 0) is 28.1 Å². The second kappa shape index (κ2) is 5.14. The molecule has 1 rings (SSSR count). The third kappa shape index (κ3) is 4.08. The first-order valence-electron chi connectivity index (χ1n) is 4.22. The predicted molar refractivity (Wildman–Crippen MR) is 60.1 cm³/mol. The molecule has 0 saturated carbocycles. The molecule has 0 unspecified atom stereocenters.